The van der Waals surface area contributed by atoms with E-state index in [1.54, 1.807) is 0 Å². The summed E-state index contributed by atoms with van der Waals surface area (Å²) in [6, 6.07) is 0. The molecule has 0 aliphatic heterocycles. The fourth-order valence-corrected chi connectivity index (χ4v) is 1.75. The van der Waals surface area contributed by atoms with Crippen LogP contribution >= 0.6 is 0 Å². The Hall–Kier alpha value is -1.50. The number of rotatable bonds is 4. The molecule has 104 valence electrons. The van der Waals surface area contributed by atoms with Crippen molar-refractivity contribution in [2.45, 2.75) is 37.9 Å². The molecule has 0 heterocycles. The Labute approximate surface area is 105 Å². The van der Waals surface area contributed by atoms with Gasteiger partial charge in [-0.25, -0.2) is 9.59 Å². The quantitative estimate of drug-likeness (QED) is 0.761. The Balaban J connectivity index is 2.18. The van der Waals surface area contributed by atoms with E-state index in [2.05, 4.69) is 9.47 Å². The van der Waals surface area contributed by atoms with Gasteiger partial charge in [-0.05, 0) is 25.7 Å². The molecule has 0 aromatic rings. The van der Waals surface area contributed by atoms with Crippen LogP contribution in [0.1, 0.15) is 25.7 Å². The van der Waals surface area contributed by atoms with Crippen molar-refractivity contribution in [2.75, 3.05) is 20.3 Å². The molecule has 1 saturated carbocycles. The Morgan fingerprint density at radius 3 is 2.00 bits per heavy atom. The lowest BCUT2D eigenvalue weighted by Gasteiger charge is -2.27. The SMILES string of the molecule is COC(=O)OC1CCC(OC(=O)OCCO)CC1. The number of hydrogen-bond acceptors (Lipinski definition) is 7. The number of aliphatic hydroxyl groups excluding tert-OH is 1. The van der Waals surface area contributed by atoms with Crippen molar-refractivity contribution in [1.29, 1.82) is 0 Å². The highest BCUT2D eigenvalue weighted by Crippen LogP contribution is 2.24. The number of ether oxygens (including phenoxy) is 4. The predicted octanol–water partition coefficient (Wildman–Crippen LogP) is 1.23. The van der Waals surface area contributed by atoms with E-state index < -0.39 is 12.3 Å². The average molecular weight is 262 g/mol. The van der Waals surface area contributed by atoms with E-state index in [9.17, 15) is 9.59 Å². The second kappa shape index (κ2) is 7.75. The van der Waals surface area contributed by atoms with Crippen LogP contribution in [0.25, 0.3) is 0 Å². The number of hydrogen-bond donors (Lipinski definition) is 1. The molecule has 7 nitrogen and oxygen atoms in total. The summed E-state index contributed by atoms with van der Waals surface area (Å²) >= 11 is 0. The van der Waals surface area contributed by atoms with Crippen molar-refractivity contribution >= 4 is 12.3 Å². The van der Waals surface area contributed by atoms with Gasteiger partial charge in [0.25, 0.3) is 0 Å². The number of aliphatic hydroxyl groups is 1. The molecule has 0 radical (unpaired) electrons. The van der Waals surface area contributed by atoms with Crippen LogP contribution in [0.2, 0.25) is 0 Å². The first-order valence-electron chi connectivity index (χ1n) is 5.84. The van der Waals surface area contributed by atoms with E-state index in [1.807, 2.05) is 0 Å². The van der Waals surface area contributed by atoms with Crippen LogP contribution in [0.15, 0.2) is 0 Å². The van der Waals surface area contributed by atoms with E-state index in [4.69, 9.17) is 14.6 Å². The van der Waals surface area contributed by atoms with E-state index >= 15 is 0 Å². The van der Waals surface area contributed by atoms with Crippen LogP contribution in [0, 0.1) is 0 Å². The predicted molar refractivity (Wildman–Crippen MR) is 59.1 cm³/mol. The molecular weight excluding hydrogens is 244 g/mol. The van der Waals surface area contributed by atoms with Crippen molar-refractivity contribution in [3.63, 3.8) is 0 Å². The summed E-state index contributed by atoms with van der Waals surface area (Å²) in [7, 11) is 1.26. The fourth-order valence-electron chi connectivity index (χ4n) is 1.75. The van der Waals surface area contributed by atoms with Crippen molar-refractivity contribution in [1.82, 2.24) is 0 Å². The lowest BCUT2D eigenvalue weighted by atomic mass is 9.95. The third-order valence-corrected chi connectivity index (χ3v) is 2.62. The summed E-state index contributed by atoms with van der Waals surface area (Å²) in [6.45, 7) is -0.297. The molecule has 0 unspecified atom stereocenters. The summed E-state index contributed by atoms with van der Waals surface area (Å²) in [5.41, 5.74) is 0. The minimum atomic E-state index is -0.776. The zero-order valence-electron chi connectivity index (χ0n) is 10.3. The van der Waals surface area contributed by atoms with Crippen LogP contribution in [0.4, 0.5) is 9.59 Å². The van der Waals surface area contributed by atoms with Crippen molar-refractivity contribution in [3.8, 4) is 0 Å². The second-order valence-electron chi connectivity index (χ2n) is 3.91. The number of carbonyl (C=O) groups excluding carboxylic acids is 2. The average Bonchev–Trinajstić information content (AvgIpc) is 2.38. The van der Waals surface area contributed by atoms with Gasteiger partial charge in [0.2, 0.25) is 0 Å². The third kappa shape index (κ3) is 5.22. The molecule has 1 rings (SSSR count). The van der Waals surface area contributed by atoms with Crippen LogP contribution in [-0.4, -0.2) is 49.9 Å². The van der Waals surface area contributed by atoms with E-state index in [-0.39, 0.29) is 25.4 Å². The smallest absolute Gasteiger partial charge is 0.438 e. The molecule has 0 spiro atoms. The summed E-state index contributed by atoms with van der Waals surface area (Å²) in [5.74, 6) is 0. The van der Waals surface area contributed by atoms with Crippen molar-refractivity contribution in [3.05, 3.63) is 0 Å². The zero-order chi connectivity index (χ0) is 13.4. The maximum Gasteiger partial charge on any atom is 0.508 e. The Morgan fingerprint density at radius 2 is 1.56 bits per heavy atom. The molecule has 0 saturated heterocycles. The maximum atomic E-state index is 11.1. The summed E-state index contributed by atoms with van der Waals surface area (Å²) in [4.78, 5) is 22.0. The monoisotopic (exact) mass is 262 g/mol. The van der Waals surface area contributed by atoms with Gasteiger partial charge in [0.15, 0.2) is 0 Å². The van der Waals surface area contributed by atoms with Gasteiger partial charge in [-0.3, -0.25) is 0 Å². The number of methoxy groups -OCH3 is 1. The van der Waals surface area contributed by atoms with Gasteiger partial charge in [-0.2, -0.15) is 0 Å². The molecule has 0 aromatic carbocycles. The topological polar surface area (TPSA) is 91.3 Å². The molecule has 1 aliphatic carbocycles. The van der Waals surface area contributed by atoms with E-state index in [0.29, 0.717) is 25.7 Å². The van der Waals surface area contributed by atoms with Crippen LogP contribution < -0.4 is 0 Å². The van der Waals surface area contributed by atoms with Gasteiger partial charge >= 0.3 is 12.3 Å². The lowest BCUT2D eigenvalue weighted by molar-refractivity contribution is -0.0252. The molecule has 0 aromatic heterocycles. The highest BCUT2D eigenvalue weighted by atomic mass is 16.7. The first kappa shape index (κ1) is 14.6. The third-order valence-electron chi connectivity index (χ3n) is 2.62. The Bertz CT molecular complexity index is 271. The van der Waals surface area contributed by atoms with Gasteiger partial charge in [0.1, 0.15) is 18.8 Å². The van der Waals surface area contributed by atoms with Crippen LogP contribution in [-0.2, 0) is 18.9 Å². The van der Waals surface area contributed by atoms with Gasteiger partial charge in [0, 0.05) is 0 Å². The second-order valence-corrected chi connectivity index (χ2v) is 3.91. The number of carbonyl (C=O) groups is 2. The summed E-state index contributed by atoms with van der Waals surface area (Å²) in [5, 5.41) is 8.47. The summed E-state index contributed by atoms with van der Waals surface area (Å²) in [6.07, 6.45) is 0.564. The first-order valence-corrected chi connectivity index (χ1v) is 5.84. The first-order chi connectivity index (χ1) is 8.65. The highest BCUT2D eigenvalue weighted by molar-refractivity contribution is 5.60. The normalized spacial score (nSPS) is 23.0. The van der Waals surface area contributed by atoms with E-state index in [1.165, 1.54) is 7.11 Å². The fraction of sp³-hybridized carbons (Fsp3) is 0.818. The molecule has 1 N–H and O–H groups in total. The molecule has 7 heteroatoms. The summed E-state index contributed by atoms with van der Waals surface area (Å²) < 4.78 is 19.0. The van der Waals surface area contributed by atoms with Crippen molar-refractivity contribution in [2.24, 2.45) is 0 Å². The van der Waals surface area contributed by atoms with Gasteiger partial charge in [0.05, 0.1) is 13.7 Å². The zero-order valence-corrected chi connectivity index (χ0v) is 10.3. The van der Waals surface area contributed by atoms with Gasteiger partial charge in [-0.1, -0.05) is 0 Å². The Morgan fingerprint density at radius 1 is 1.06 bits per heavy atom. The molecule has 0 amide bonds. The minimum absolute atomic E-state index is 0.0698. The highest BCUT2D eigenvalue weighted by Gasteiger charge is 2.26. The van der Waals surface area contributed by atoms with Crippen molar-refractivity contribution < 1.29 is 33.6 Å². The molecule has 1 aliphatic rings. The standard InChI is InChI=1S/C11H18O7/c1-15-10(13)17-8-2-4-9(5-3-8)18-11(14)16-7-6-12/h8-9,12H,2-7H2,1H3. The van der Waals surface area contributed by atoms with Gasteiger partial charge in [-0.15, -0.1) is 0 Å². The van der Waals surface area contributed by atoms with Crippen LogP contribution in [0.5, 0.6) is 0 Å². The molecule has 0 bridgehead atoms. The minimum Gasteiger partial charge on any atom is -0.438 e. The molecule has 18 heavy (non-hydrogen) atoms. The maximum absolute atomic E-state index is 11.1. The van der Waals surface area contributed by atoms with E-state index in [0.717, 1.165) is 0 Å². The Kier molecular flexibility index (Phi) is 6.27. The van der Waals surface area contributed by atoms with Gasteiger partial charge < -0.3 is 24.1 Å². The largest absolute Gasteiger partial charge is 0.508 e. The molecule has 1 fully saturated rings. The molecule has 0 atom stereocenters. The molecular formula is C11H18O7. The lowest BCUT2D eigenvalue weighted by Crippen LogP contribution is -2.30. The van der Waals surface area contributed by atoms with Crippen LogP contribution in [0.3, 0.4) is 0 Å².